The fourth-order valence-corrected chi connectivity index (χ4v) is 2.82. The molecule has 1 aromatic carbocycles. The zero-order chi connectivity index (χ0) is 18.4. The molecule has 2 amide bonds. The van der Waals surface area contributed by atoms with Gasteiger partial charge in [-0.3, -0.25) is 9.59 Å². The minimum atomic E-state index is -0.210. The molecule has 1 aromatic rings. The van der Waals surface area contributed by atoms with Gasteiger partial charge in [0.15, 0.2) is 0 Å². The minimum Gasteiger partial charge on any atom is -0.396 e. The highest BCUT2D eigenvalue weighted by molar-refractivity contribution is 6.01. The van der Waals surface area contributed by atoms with Crippen LogP contribution in [0.1, 0.15) is 44.0 Å². The van der Waals surface area contributed by atoms with Crippen molar-refractivity contribution >= 4 is 17.5 Å². The first-order chi connectivity index (χ1) is 11.8. The maximum atomic E-state index is 12.7. The summed E-state index contributed by atoms with van der Waals surface area (Å²) in [4.78, 5) is 26.5. The van der Waals surface area contributed by atoms with Gasteiger partial charge in [0.2, 0.25) is 5.91 Å². The van der Waals surface area contributed by atoms with Gasteiger partial charge < -0.3 is 15.3 Å². The van der Waals surface area contributed by atoms with E-state index in [-0.39, 0.29) is 29.8 Å². The van der Waals surface area contributed by atoms with Gasteiger partial charge in [0.25, 0.3) is 5.91 Å². The quantitative estimate of drug-likeness (QED) is 0.825. The number of nitrogens with zero attached hydrogens (tertiary/aromatic N) is 1. The van der Waals surface area contributed by atoms with Crippen molar-refractivity contribution in [1.29, 1.82) is 0 Å². The Morgan fingerprint density at radius 3 is 2.80 bits per heavy atom. The van der Waals surface area contributed by atoms with Crippen LogP contribution in [0.5, 0.6) is 0 Å². The fourth-order valence-electron chi connectivity index (χ4n) is 2.82. The smallest absolute Gasteiger partial charge is 0.253 e. The van der Waals surface area contributed by atoms with Gasteiger partial charge in [0.1, 0.15) is 0 Å². The lowest BCUT2D eigenvalue weighted by Gasteiger charge is -2.32. The van der Waals surface area contributed by atoms with E-state index in [1.165, 1.54) is 6.08 Å². The number of aliphatic hydroxyl groups is 1. The molecule has 0 saturated carbocycles. The highest BCUT2D eigenvalue weighted by Gasteiger charge is 2.24. The number of rotatable bonds is 4. The van der Waals surface area contributed by atoms with Crippen molar-refractivity contribution < 1.29 is 14.7 Å². The second kappa shape index (κ2) is 8.30. The third kappa shape index (κ3) is 6.02. The topological polar surface area (TPSA) is 69.6 Å². The van der Waals surface area contributed by atoms with Gasteiger partial charge in [0.05, 0.1) is 0 Å². The van der Waals surface area contributed by atoms with E-state index in [2.05, 4.69) is 5.32 Å². The molecule has 1 aliphatic rings. The third-order valence-corrected chi connectivity index (χ3v) is 4.18. The van der Waals surface area contributed by atoms with Crippen molar-refractivity contribution in [3.05, 3.63) is 42.0 Å². The number of nitrogens with one attached hydrogen (secondary N) is 1. The van der Waals surface area contributed by atoms with Gasteiger partial charge in [0, 0.05) is 30.9 Å². The molecule has 5 heteroatoms. The van der Waals surface area contributed by atoms with E-state index in [9.17, 15) is 14.7 Å². The summed E-state index contributed by atoms with van der Waals surface area (Å²) in [7, 11) is 0. The SMILES string of the molecule is CC(C)(C)/C=C/C(=O)Nc1cccc(C(=O)N2CCCC(CO)C2)c1. The minimum absolute atomic E-state index is 0.0560. The lowest BCUT2D eigenvalue weighted by molar-refractivity contribution is -0.112. The molecule has 1 aliphatic heterocycles. The number of piperidine rings is 1. The molecule has 5 nitrogen and oxygen atoms in total. The van der Waals surface area contributed by atoms with Crippen molar-refractivity contribution in [3.8, 4) is 0 Å². The number of allylic oxidation sites excluding steroid dienone is 1. The molecular weight excluding hydrogens is 316 g/mol. The van der Waals surface area contributed by atoms with Gasteiger partial charge >= 0.3 is 0 Å². The molecule has 0 spiro atoms. The number of hydrogen-bond acceptors (Lipinski definition) is 3. The molecule has 2 rings (SSSR count). The summed E-state index contributed by atoms with van der Waals surface area (Å²) >= 11 is 0. The van der Waals surface area contributed by atoms with E-state index in [0.717, 1.165) is 12.8 Å². The summed E-state index contributed by atoms with van der Waals surface area (Å²) in [5, 5.41) is 12.1. The monoisotopic (exact) mass is 344 g/mol. The predicted molar refractivity (Wildman–Crippen MR) is 99.4 cm³/mol. The average Bonchev–Trinajstić information content (AvgIpc) is 2.59. The van der Waals surface area contributed by atoms with Crippen molar-refractivity contribution in [2.24, 2.45) is 11.3 Å². The van der Waals surface area contributed by atoms with Crippen LogP contribution in [0.25, 0.3) is 0 Å². The molecule has 1 heterocycles. The van der Waals surface area contributed by atoms with E-state index >= 15 is 0 Å². The summed E-state index contributed by atoms with van der Waals surface area (Å²) in [6, 6.07) is 7.00. The zero-order valence-corrected chi connectivity index (χ0v) is 15.3. The number of benzene rings is 1. The van der Waals surface area contributed by atoms with E-state index < -0.39 is 0 Å². The van der Waals surface area contributed by atoms with Gasteiger partial charge in [-0.05, 0) is 48.4 Å². The molecule has 2 N–H and O–H groups in total. The zero-order valence-electron chi connectivity index (χ0n) is 15.3. The second-order valence-corrected chi connectivity index (χ2v) is 7.71. The van der Waals surface area contributed by atoms with Crippen molar-refractivity contribution in [2.75, 3.05) is 25.0 Å². The van der Waals surface area contributed by atoms with Crippen LogP contribution in [0.15, 0.2) is 36.4 Å². The molecule has 136 valence electrons. The molecular formula is C20H28N2O3. The maximum Gasteiger partial charge on any atom is 0.253 e. The Morgan fingerprint density at radius 2 is 2.12 bits per heavy atom. The van der Waals surface area contributed by atoms with Crippen LogP contribution in [-0.4, -0.2) is 41.5 Å². The Labute approximate surface area is 149 Å². The van der Waals surface area contributed by atoms with E-state index in [4.69, 9.17) is 0 Å². The van der Waals surface area contributed by atoms with Crippen LogP contribution >= 0.6 is 0 Å². The van der Waals surface area contributed by atoms with Gasteiger partial charge in [-0.15, -0.1) is 0 Å². The molecule has 0 bridgehead atoms. The normalized spacial score (nSPS) is 18.4. The van der Waals surface area contributed by atoms with Crippen LogP contribution < -0.4 is 5.32 Å². The first kappa shape index (κ1) is 19.2. The van der Waals surface area contributed by atoms with Crippen molar-refractivity contribution in [2.45, 2.75) is 33.6 Å². The van der Waals surface area contributed by atoms with Gasteiger partial charge in [-0.25, -0.2) is 0 Å². The summed E-state index contributed by atoms with van der Waals surface area (Å²) in [6.45, 7) is 7.47. The van der Waals surface area contributed by atoms with Crippen molar-refractivity contribution in [1.82, 2.24) is 4.90 Å². The summed E-state index contributed by atoms with van der Waals surface area (Å²) in [5.74, 6) is -0.111. The molecule has 25 heavy (non-hydrogen) atoms. The molecule has 1 fully saturated rings. The number of likely N-dealkylation sites (tertiary alicyclic amines) is 1. The molecule has 0 aromatic heterocycles. The number of amides is 2. The summed E-state index contributed by atoms with van der Waals surface area (Å²) < 4.78 is 0. The number of anilines is 1. The molecule has 1 unspecified atom stereocenters. The Morgan fingerprint density at radius 1 is 1.36 bits per heavy atom. The van der Waals surface area contributed by atoms with E-state index in [1.54, 1.807) is 29.2 Å². The Bertz CT molecular complexity index is 647. The van der Waals surface area contributed by atoms with Crippen LogP contribution in [0.2, 0.25) is 0 Å². The van der Waals surface area contributed by atoms with E-state index in [0.29, 0.717) is 24.3 Å². The highest BCUT2D eigenvalue weighted by Crippen LogP contribution is 2.20. The van der Waals surface area contributed by atoms with Crippen LogP contribution in [0.3, 0.4) is 0 Å². The van der Waals surface area contributed by atoms with E-state index in [1.807, 2.05) is 26.8 Å². The second-order valence-electron chi connectivity index (χ2n) is 7.71. The molecule has 0 radical (unpaired) electrons. The maximum absolute atomic E-state index is 12.7. The molecule has 1 atom stereocenters. The van der Waals surface area contributed by atoms with Gasteiger partial charge in [-0.1, -0.05) is 32.9 Å². The number of hydrogen-bond donors (Lipinski definition) is 2. The van der Waals surface area contributed by atoms with Crippen LogP contribution in [0.4, 0.5) is 5.69 Å². The third-order valence-electron chi connectivity index (χ3n) is 4.18. The highest BCUT2D eigenvalue weighted by atomic mass is 16.3. The van der Waals surface area contributed by atoms with Crippen LogP contribution in [-0.2, 0) is 4.79 Å². The fraction of sp³-hybridized carbons (Fsp3) is 0.500. The molecule has 1 saturated heterocycles. The number of aliphatic hydroxyl groups excluding tert-OH is 1. The Balaban J connectivity index is 2.04. The molecule has 0 aliphatic carbocycles. The first-order valence-electron chi connectivity index (χ1n) is 8.79. The largest absolute Gasteiger partial charge is 0.396 e. The van der Waals surface area contributed by atoms with Gasteiger partial charge in [-0.2, -0.15) is 0 Å². The lowest BCUT2D eigenvalue weighted by atomic mass is 9.96. The number of carbonyl (C=O) groups excluding carboxylic acids is 2. The van der Waals surface area contributed by atoms with Crippen LogP contribution in [0, 0.1) is 11.3 Å². The summed E-state index contributed by atoms with van der Waals surface area (Å²) in [5.41, 5.74) is 1.09. The summed E-state index contributed by atoms with van der Waals surface area (Å²) in [6.07, 6.45) is 5.23. The average molecular weight is 344 g/mol. The van der Waals surface area contributed by atoms with Crippen molar-refractivity contribution in [3.63, 3.8) is 0 Å². The Hall–Kier alpha value is -2.14. The standard InChI is InChI=1S/C20H28N2O3/c1-20(2,3)10-9-18(24)21-17-8-4-7-16(12-17)19(25)22-11-5-6-15(13-22)14-23/h4,7-10,12,15,23H,5-6,11,13-14H2,1-3H3,(H,21,24)/b10-9+. The number of carbonyl (C=O) groups is 2. The Kier molecular flexibility index (Phi) is 6.37. The lowest BCUT2D eigenvalue weighted by Crippen LogP contribution is -2.40. The predicted octanol–water partition coefficient (Wildman–Crippen LogP) is 3.07. The first-order valence-corrected chi connectivity index (χ1v) is 8.79.